The zero-order valence-electron chi connectivity index (χ0n) is 13.5. The number of fused-ring (bicyclic) bond motifs is 1. The van der Waals surface area contributed by atoms with Crippen molar-refractivity contribution in [2.24, 2.45) is 17.3 Å². The van der Waals surface area contributed by atoms with Gasteiger partial charge in [-0.05, 0) is 37.3 Å². The zero-order valence-corrected chi connectivity index (χ0v) is 13.5. The maximum absolute atomic E-state index is 12.6. The second-order valence-electron chi connectivity index (χ2n) is 7.58. The first kappa shape index (κ1) is 14.6. The van der Waals surface area contributed by atoms with Crippen molar-refractivity contribution in [3.8, 4) is 0 Å². The summed E-state index contributed by atoms with van der Waals surface area (Å²) in [6.07, 6.45) is 1.92. The van der Waals surface area contributed by atoms with E-state index in [9.17, 15) is 4.79 Å². The molecule has 3 unspecified atom stereocenters. The Labute approximate surface area is 126 Å². The van der Waals surface area contributed by atoms with E-state index < -0.39 is 0 Å². The van der Waals surface area contributed by atoms with Gasteiger partial charge < -0.3 is 15.1 Å². The van der Waals surface area contributed by atoms with Gasteiger partial charge in [0.05, 0.1) is 12.0 Å². The Kier molecular flexibility index (Phi) is 3.60. The van der Waals surface area contributed by atoms with Gasteiger partial charge in [0.2, 0.25) is 5.91 Å². The molecule has 1 amide bonds. The molecule has 21 heavy (non-hydrogen) atoms. The summed E-state index contributed by atoms with van der Waals surface area (Å²) in [7, 11) is 0. The Bertz CT molecular complexity index is 547. The van der Waals surface area contributed by atoms with Gasteiger partial charge in [0.25, 0.3) is 0 Å². The standard InChI is InChI=1S/C17H26N2O2/c1-10-8-18-9-13(10)16(20)19-14-6-17(3,4)7-15-12(14)5-11(2)21-15/h5,10,13-14,18H,6-9H2,1-4H3,(H,19,20). The Morgan fingerprint density at radius 3 is 2.86 bits per heavy atom. The van der Waals surface area contributed by atoms with Crippen LogP contribution in [-0.2, 0) is 11.2 Å². The average Bonchev–Trinajstić information content (AvgIpc) is 2.93. The third kappa shape index (κ3) is 2.86. The quantitative estimate of drug-likeness (QED) is 0.880. The number of carbonyl (C=O) groups is 1. The fourth-order valence-corrected chi connectivity index (χ4v) is 3.75. The van der Waals surface area contributed by atoms with Crippen molar-refractivity contribution in [3.05, 3.63) is 23.2 Å². The largest absolute Gasteiger partial charge is 0.466 e. The summed E-state index contributed by atoms with van der Waals surface area (Å²) in [5.41, 5.74) is 1.34. The molecule has 1 aliphatic heterocycles. The van der Waals surface area contributed by atoms with Crippen molar-refractivity contribution in [2.45, 2.75) is 46.6 Å². The molecule has 1 saturated heterocycles. The highest BCUT2D eigenvalue weighted by Gasteiger charge is 2.37. The molecule has 4 heteroatoms. The molecular weight excluding hydrogens is 264 g/mol. The smallest absolute Gasteiger partial charge is 0.225 e. The van der Waals surface area contributed by atoms with Crippen molar-refractivity contribution in [2.75, 3.05) is 13.1 Å². The fourth-order valence-electron chi connectivity index (χ4n) is 3.75. The molecule has 0 saturated carbocycles. The molecule has 0 spiro atoms. The van der Waals surface area contributed by atoms with Crippen molar-refractivity contribution >= 4 is 5.91 Å². The van der Waals surface area contributed by atoms with Crippen LogP contribution in [0.1, 0.15) is 50.3 Å². The predicted molar refractivity (Wildman–Crippen MR) is 82.0 cm³/mol. The van der Waals surface area contributed by atoms with Crippen LogP contribution in [0.15, 0.2) is 10.5 Å². The first-order valence-electron chi connectivity index (χ1n) is 7.96. The fraction of sp³-hybridized carbons (Fsp3) is 0.706. The molecule has 0 radical (unpaired) electrons. The van der Waals surface area contributed by atoms with Crippen LogP contribution < -0.4 is 10.6 Å². The van der Waals surface area contributed by atoms with Crippen LogP contribution in [0.5, 0.6) is 0 Å². The molecule has 1 aromatic rings. The zero-order chi connectivity index (χ0) is 15.2. The molecule has 1 aliphatic carbocycles. The Morgan fingerprint density at radius 1 is 1.43 bits per heavy atom. The topological polar surface area (TPSA) is 54.3 Å². The molecule has 2 heterocycles. The van der Waals surface area contributed by atoms with E-state index in [-0.39, 0.29) is 23.3 Å². The summed E-state index contributed by atoms with van der Waals surface area (Å²) in [5, 5.41) is 6.58. The molecular formula is C17H26N2O2. The molecule has 0 bridgehead atoms. The van der Waals surface area contributed by atoms with Gasteiger partial charge in [0.15, 0.2) is 0 Å². The van der Waals surface area contributed by atoms with Gasteiger partial charge in [-0.3, -0.25) is 4.79 Å². The number of carbonyl (C=O) groups excluding carboxylic acids is 1. The summed E-state index contributed by atoms with van der Waals surface area (Å²) < 4.78 is 5.84. The van der Waals surface area contributed by atoms with Gasteiger partial charge in [-0.1, -0.05) is 20.8 Å². The molecule has 116 valence electrons. The maximum atomic E-state index is 12.6. The van der Waals surface area contributed by atoms with E-state index in [0.29, 0.717) is 5.92 Å². The minimum absolute atomic E-state index is 0.0847. The number of furan rings is 1. The molecule has 3 atom stereocenters. The van der Waals surface area contributed by atoms with E-state index >= 15 is 0 Å². The van der Waals surface area contributed by atoms with E-state index in [1.807, 2.05) is 6.92 Å². The second kappa shape index (κ2) is 5.16. The summed E-state index contributed by atoms with van der Waals surface area (Å²) in [6.45, 7) is 10.3. The summed E-state index contributed by atoms with van der Waals surface area (Å²) in [6, 6.07) is 2.17. The number of amides is 1. The highest BCUT2D eigenvalue weighted by atomic mass is 16.3. The summed E-state index contributed by atoms with van der Waals surface area (Å²) in [4.78, 5) is 12.6. The number of nitrogens with one attached hydrogen (secondary N) is 2. The average molecular weight is 290 g/mol. The van der Waals surface area contributed by atoms with Crippen LogP contribution in [0, 0.1) is 24.2 Å². The van der Waals surface area contributed by atoms with Gasteiger partial charge in [-0.2, -0.15) is 0 Å². The van der Waals surface area contributed by atoms with Crippen LogP contribution in [-0.4, -0.2) is 19.0 Å². The molecule has 2 N–H and O–H groups in total. The van der Waals surface area contributed by atoms with Crippen LogP contribution in [0.3, 0.4) is 0 Å². The van der Waals surface area contributed by atoms with Gasteiger partial charge in [-0.15, -0.1) is 0 Å². The highest BCUT2D eigenvalue weighted by molar-refractivity contribution is 5.80. The van der Waals surface area contributed by atoms with E-state index in [1.165, 1.54) is 5.56 Å². The lowest BCUT2D eigenvalue weighted by Gasteiger charge is -2.35. The first-order valence-corrected chi connectivity index (χ1v) is 7.96. The number of rotatable bonds is 2. The maximum Gasteiger partial charge on any atom is 0.225 e. The molecule has 0 aromatic carbocycles. The number of aryl methyl sites for hydroxylation is 1. The minimum Gasteiger partial charge on any atom is -0.466 e. The van der Waals surface area contributed by atoms with Crippen molar-refractivity contribution in [1.29, 1.82) is 0 Å². The highest BCUT2D eigenvalue weighted by Crippen LogP contribution is 2.42. The monoisotopic (exact) mass is 290 g/mol. The SMILES string of the molecule is Cc1cc2c(o1)CC(C)(C)CC2NC(=O)C1CNCC1C. The van der Waals surface area contributed by atoms with Crippen molar-refractivity contribution in [1.82, 2.24) is 10.6 Å². The van der Waals surface area contributed by atoms with Gasteiger partial charge in [0, 0.05) is 18.5 Å². The van der Waals surface area contributed by atoms with Crippen LogP contribution in [0.2, 0.25) is 0 Å². The lowest BCUT2D eigenvalue weighted by atomic mass is 9.74. The molecule has 2 aliphatic rings. The van der Waals surface area contributed by atoms with E-state index in [1.54, 1.807) is 0 Å². The lowest BCUT2D eigenvalue weighted by molar-refractivity contribution is -0.126. The number of hydrogen-bond acceptors (Lipinski definition) is 3. The van der Waals surface area contributed by atoms with Crippen molar-refractivity contribution in [3.63, 3.8) is 0 Å². The normalized spacial score (nSPS) is 31.0. The van der Waals surface area contributed by atoms with Crippen LogP contribution in [0.4, 0.5) is 0 Å². The first-order chi connectivity index (χ1) is 9.85. The van der Waals surface area contributed by atoms with Gasteiger partial charge in [0.1, 0.15) is 11.5 Å². The minimum atomic E-state index is 0.0847. The number of hydrogen-bond donors (Lipinski definition) is 2. The summed E-state index contributed by atoms with van der Waals surface area (Å²) >= 11 is 0. The van der Waals surface area contributed by atoms with Crippen LogP contribution in [0.25, 0.3) is 0 Å². The molecule has 1 fully saturated rings. The molecule has 3 rings (SSSR count). The second-order valence-corrected chi connectivity index (χ2v) is 7.58. The van der Waals surface area contributed by atoms with Crippen LogP contribution >= 0.6 is 0 Å². The lowest BCUT2D eigenvalue weighted by Crippen LogP contribution is -2.40. The van der Waals surface area contributed by atoms with Crippen molar-refractivity contribution < 1.29 is 9.21 Å². The van der Waals surface area contributed by atoms with E-state index in [4.69, 9.17) is 4.42 Å². The molecule has 4 nitrogen and oxygen atoms in total. The Morgan fingerprint density at radius 2 is 2.19 bits per heavy atom. The van der Waals surface area contributed by atoms with E-state index in [0.717, 1.165) is 37.5 Å². The third-order valence-electron chi connectivity index (χ3n) is 4.91. The Balaban J connectivity index is 1.79. The molecule has 1 aromatic heterocycles. The van der Waals surface area contributed by atoms with Gasteiger partial charge in [-0.25, -0.2) is 0 Å². The third-order valence-corrected chi connectivity index (χ3v) is 4.91. The predicted octanol–water partition coefficient (Wildman–Crippen LogP) is 2.57. The van der Waals surface area contributed by atoms with E-state index in [2.05, 4.69) is 37.5 Å². The summed E-state index contributed by atoms with van der Waals surface area (Å²) in [5.74, 6) is 2.66. The Hall–Kier alpha value is -1.29. The van der Waals surface area contributed by atoms with Gasteiger partial charge >= 0.3 is 0 Å².